The number of esters is 1. The van der Waals surface area contributed by atoms with Crippen molar-refractivity contribution in [3.8, 4) is 17.2 Å². The zero-order valence-corrected chi connectivity index (χ0v) is 19.9. The molecule has 1 aliphatic rings. The van der Waals surface area contributed by atoms with E-state index in [0.29, 0.717) is 45.7 Å². The first-order valence-corrected chi connectivity index (χ1v) is 10.8. The third-order valence-electron chi connectivity index (χ3n) is 4.87. The second kappa shape index (κ2) is 10.5. The molecule has 2 aromatic rings. The first-order chi connectivity index (χ1) is 15.8. The highest BCUT2D eigenvalue weighted by atomic mass is 35.5. The molecule has 1 heterocycles. The number of methoxy groups -OCH3 is 2. The lowest BCUT2D eigenvalue weighted by atomic mass is 9.92. The number of ether oxygens (including phenoxy) is 4. The second-order valence-electron chi connectivity index (χ2n) is 7.47. The van der Waals surface area contributed by atoms with E-state index in [9.17, 15) is 9.59 Å². The standard InChI is InChI=1S/C24H27ClN2O6/c1-6-32-18-12-15(11-17(25)22(18)33-13(2)3)21-19(23(28)31-5)20(26-24(29)27-21)14-7-9-16(30-4)10-8-14/h7-13,21H,6H2,1-5H3,(H2,26,27,29). The van der Waals surface area contributed by atoms with E-state index >= 15 is 0 Å². The summed E-state index contributed by atoms with van der Waals surface area (Å²) in [5.74, 6) is 0.854. The Bertz CT molecular complexity index is 1070. The van der Waals surface area contributed by atoms with Crippen LogP contribution in [0.1, 0.15) is 37.9 Å². The molecule has 1 atom stereocenters. The van der Waals surface area contributed by atoms with Gasteiger partial charge in [-0.3, -0.25) is 0 Å². The average molecular weight is 475 g/mol. The summed E-state index contributed by atoms with van der Waals surface area (Å²) in [6.07, 6.45) is -0.127. The van der Waals surface area contributed by atoms with Crippen LogP contribution in [0, 0.1) is 0 Å². The zero-order valence-electron chi connectivity index (χ0n) is 19.2. The van der Waals surface area contributed by atoms with Crippen LogP contribution >= 0.6 is 11.6 Å². The molecule has 9 heteroatoms. The van der Waals surface area contributed by atoms with Crippen molar-refractivity contribution in [3.63, 3.8) is 0 Å². The second-order valence-corrected chi connectivity index (χ2v) is 7.88. The van der Waals surface area contributed by atoms with E-state index in [0.717, 1.165) is 0 Å². The van der Waals surface area contributed by atoms with Crippen LogP contribution in [-0.4, -0.2) is 38.9 Å². The van der Waals surface area contributed by atoms with Crippen LogP contribution in [0.4, 0.5) is 4.79 Å². The molecular formula is C24H27ClN2O6. The number of benzene rings is 2. The van der Waals surface area contributed by atoms with Crippen molar-refractivity contribution in [1.82, 2.24) is 10.6 Å². The highest BCUT2D eigenvalue weighted by molar-refractivity contribution is 6.32. The van der Waals surface area contributed by atoms with Crippen molar-refractivity contribution in [3.05, 3.63) is 58.1 Å². The quantitative estimate of drug-likeness (QED) is 0.548. The van der Waals surface area contributed by atoms with Gasteiger partial charge in [-0.15, -0.1) is 0 Å². The summed E-state index contributed by atoms with van der Waals surface area (Å²) in [7, 11) is 2.84. The van der Waals surface area contributed by atoms with Crippen molar-refractivity contribution in [2.24, 2.45) is 0 Å². The van der Waals surface area contributed by atoms with Crippen LogP contribution in [-0.2, 0) is 9.53 Å². The Kier molecular flexibility index (Phi) is 7.71. The van der Waals surface area contributed by atoms with Crippen molar-refractivity contribution >= 4 is 29.3 Å². The van der Waals surface area contributed by atoms with Gasteiger partial charge in [0, 0.05) is 0 Å². The van der Waals surface area contributed by atoms with Gasteiger partial charge >= 0.3 is 12.0 Å². The van der Waals surface area contributed by atoms with Crippen molar-refractivity contribution in [2.75, 3.05) is 20.8 Å². The van der Waals surface area contributed by atoms with E-state index in [-0.39, 0.29) is 11.7 Å². The van der Waals surface area contributed by atoms with E-state index in [1.165, 1.54) is 7.11 Å². The van der Waals surface area contributed by atoms with E-state index < -0.39 is 18.0 Å². The maximum absolute atomic E-state index is 12.9. The number of urea groups is 1. The Balaban J connectivity index is 2.18. The molecule has 0 radical (unpaired) electrons. The summed E-state index contributed by atoms with van der Waals surface area (Å²) in [4.78, 5) is 25.5. The molecule has 1 unspecified atom stereocenters. The monoisotopic (exact) mass is 474 g/mol. The van der Waals surface area contributed by atoms with Crippen molar-refractivity contribution < 1.29 is 28.5 Å². The van der Waals surface area contributed by atoms with Crippen molar-refractivity contribution in [1.29, 1.82) is 0 Å². The molecular weight excluding hydrogens is 448 g/mol. The van der Waals surface area contributed by atoms with Gasteiger partial charge in [0.25, 0.3) is 0 Å². The Morgan fingerprint density at radius 3 is 2.42 bits per heavy atom. The fourth-order valence-corrected chi connectivity index (χ4v) is 3.76. The maximum Gasteiger partial charge on any atom is 0.338 e. The molecule has 0 aliphatic carbocycles. The minimum Gasteiger partial charge on any atom is -0.497 e. The number of rotatable bonds is 8. The molecule has 2 N–H and O–H groups in total. The molecule has 8 nitrogen and oxygen atoms in total. The molecule has 0 fully saturated rings. The molecule has 0 aromatic heterocycles. The summed E-state index contributed by atoms with van der Waals surface area (Å²) >= 11 is 6.54. The fraction of sp³-hybridized carbons (Fsp3) is 0.333. The minimum atomic E-state index is -0.840. The lowest BCUT2D eigenvalue weighted by Gasteiger charge is -2.30. The predicted octanol–water partition coefficient (Wildman–Crippen LogP) is 4.47. The Hall–Kier alpha value is -3.39. The number of hydrogen-bond donors (Lipinski definition) is 2. The Morgan fingerprint density at radius 2 is 1.85 bits per heavy atom. The van der Waals surface area contributed by atoms with Gasteiger partial charge in [0.1, 0.15) is 5.75 Å². The largest absolute Gasteiger partial charge is 0.497 e. The third kappa shape index (κ3) is 5.34. The minimum absolute atomic E-state index is 0.127. The van der Waals surface area contributed by atoms with E-state index in [1.807, 2.05) is 20.8 Å². The molecule has 2 amide bonds. The first kappa shape index (κ1) is 24.3. The van der Waals surface area contributed by atoms with E-state index in [1.54, 1.807) is 43.5 Å². The third-order valence-corrected chi connectivity index (χ3v) is 5.16. The van der Waals surface area contributed by atoms with Crippen LogP contribution in [0.2, 0.25) is 5.02 Å². The maximum atomic E-state index is 12.9. The number of carbonyl (C=O) groups is 2. The van der Waals surface area contributed by atoms with E-state index in [4.69, 9.17) is 30.5 Å². The van der Waals surface area contributed by atoms with Gasteiger partial charge in [-0.25, -0.2) is 9.59 Å². The Labute approximate surface area is 197 Å². The van der Waals surface area contributed by atoms with Crippen molar-refractivity contribution in [2.45, 2.75) is 32.9 Å². The summed E-state index contributed by atoms with van der Waals surface area (Å²) in [6, 6.07) is 9.01. The van der Waals surface area contributed by atoms with Gasteiger partial charge in [0.15, 0.2) is 11.5 Å². The number of nitrogens with one attached hydrogen (secondary N) is 2. The Morgan fingerprint density at radius 1 is 1.15 bits per heavy atom. The smallest absolute Gasteiger partial charge is 0.338 e. The van der Waals surface area contributed by atoms with Crippen LogP contribution in [0.25, 0.3) is 5.70 Å². The van der Waals surface area contributed by atoms with Gasteiger partial charge in [0.05, 0.1) is 49.3 Å². The lowest BCUT2D eigenvalue weighted by molar-refractivity contribution is -0.136. The molecule has 33 heavy (non-hydrogen) atoms. The first-order valence-electron chi connectivity index (χ1n) is 10.5. The number of hydrogen-bond acceptors (Lipinski definition) is 6. The van der Waals surface area contributed by atoms with Crippen LogP contribution in [0.5, 0.6) is 17.2 Å². The number of amides is 2. The molecule has 1 aliphatic heterocycles. The summed E-state index contributed by atoms with van der Waals surface area (Å²) in [5, 5.41) is 5.81. The summed E-state index contributed by atoms with van der Waals surface area (Å²) in [5.41, 5.74) is 1.71. The van der Waals surface area contributed by atoms with Gasteiger partial charge in [0.2, 0.25) is 0 Å². The summed E-state index contributed by atoms with van der Waals surface area (Å²) < 4.78 is 21.8. The topological polar surface area (TPSA) is 95.1 Å². The van der Waals surface area contributed by atoms with E-state index in [2.05, 4.69) is 10.6 Å². The molecule has 2 aromatic carbocycles. The molecule has 176 valence electrons. The highest BCUT2D eigenvalue weighted by Crippen LogP contribution is 2.41. The normalized spacial score (nSPS) is 15.6. The van der Waals surface area contributed by atoms with Crippen LogP contribution in [0.15, 0.2) is 42.0 Å². The molecule has 0 spiro atoms. The predicted molar refractivity (Wildman–Crippen MR) is 125 cm³/mol. The molecule has 0 bridgehead atoms. The zero-order chi connectivity index (χ0) is 24.1. The van der Waals surface area contributed by atoms with Gasteiger partial charge in [-0.2, -0.15) is 0 Å². The lowest BCUT2D eigenvalue weighted by Crippen LogP contribution is -2.45. The van der Waals surface area contributed by atoms with Gasteiger partial charge in [-0.05, 0) is 68.3 Å². The van der Waals surface area contributed by atoms with Gasteiger partial charge in [-0.1, -0.05) is 11.6 Å². The number of halogens is 1. The molecule has 0 saturated carbocycles. The summed E-state index contributed by atoms with van der Waals surface area (Å²) in [6.45, 7) is 5.98. The van der Waals surface area contributed by atoms with Crippen LogP contribution < -0.4 is 24.8 Å². The highest BCUT2D eigenvalue weighted by Gasteiger charge is 2.35. The fourth-order valence-electron chi connectivity index (χ4n) is 3.50. The van der Waals surface area contributed by atoms with Crippen LogP contribution in [0.3, 0.4) is 0 Å². The SMILES string of the molecule is CCOc1cc(C2NC(=O)NC(c3ccc(OC)cc3)=C2C(=O)OC)cc(Cl)c1OC(C)C. The molecule has 0 saturated heterocycles. The van der Waals surface area contributed by atoms with Gasteiger partial charge < -0.3 is 29.6 Å². The number of carbonyl (C=O) groups excluding carboxylic acids is 2. The molecule has 3 rings (SSSR count). The average Bonchev–Trinajstić information content (AvgIpc) is 2.80.